The number of halogens is 3. The molecule has 2 rings (SSSR count). The zero-order chi connectivity index (χ0) is 25.5. The third-order valence-corrected chi connectivity index (χ3v) is 7.13. The molecule has 4 nitrogen and oxygen atoms in total. The van der Waals surface area contributed by atoms with Crippen molar-refractivity contribution in [1.29, 1.82) is 0 Å². The lowest BCUT2D eigenvalue weighted by molar-refractivity contribution is -0.884. The number of nitrogens with zero attached hydrogens (tertiary/aromatic N) is 2. The van der Waals surface area contributed by atoms with Crippen LogP contribution in [0.1, 0.15) is 84.3 Å². The van der Waals surface area contributed by atoms with Gasteiger partial charge in [-0.3, -0.25) is 0 Å². The Morgan fingerprint density at radius 2 is 1.71 bits per heavy atom. The van der Waals surface area contributed by atoms with Crippen LogP contribution in [0.15, 0.2) is 30.0 Å². The summed E-state index contributed by atoms with van der Waals surface area (Å²) in [6.07, 6.45) is 3.65. The van der Waals surface area contributed by atoms with Gasteiger partial charge in [0.15, 0.2) is 0 Å². The van der Waals surface area contributed by atoms with Gasteiger partial charge < -0.3 is 20.1 Å². The van der Waals surface area contributed by atoms with Crippen molar-refractivity contribution in [1.82, 2.24) is 4.90 Å². The smallest absolute Gasteiger partial charge is 0.416 e. The Bertz CT molecular complexity index is 799. The molecule has 0 amide bonds. The summed E-state index contributed by atoms with van der Waals surface area (Å²) in [5, 5.41) is 12.9. The van der Waals surface area contributed by atoms with E-state index in [2.05, 4.69) is 43.7 Å². The minimum Gasteiger partial charge on any atom is -0.634 e. The van der Waals surface area contributed by atoms with Crippen LogP contribution in [0.4, 0.5) is 18.9 Å². The highest BCUT2D eigenvalue weighted by atomic mass is 19.4. The number of nitrogens with one attached hydrogen (secondary N) is 1. The number of likely N-dealkylation sites (N-methyl/N-ethyl adjacent to an activating group) is 1. The number of benzene rings is 1. The number of fused-ring (bicyclic) bond motifs is 1. The Kier molecular flexibility index (Phi) is 10.5. The standard InChI is InChI=1S/C27H44F3N3O/c1-7-9-15-32(16-10-8-2)17-14-23-20-33(18-13-21(3)4)25-12-11-22(27(28,29)30)19-24(25)26(23,5)31(6)34/h11-12,19-21,31H,7-10,13-18H2,1-6H3. The first-order valence-corrected chi connectivity index (χ1v) is 12.9. The van der Waals surface area contributed by atoms with Crippen LogP contribution in [0.5, 0.6) is 0 Å². The van der Waals surface area contributed by atoms with Crippen LogP contribution in [0.25, 0.3) is 0 Å². The second-order valence-corrected chi connectivity index (χ2v) is 10.2. The molecule has 2 unspecified atom stereocenters. The minimum atomic E-state index is -4.45. The molecule has 0 fully saturated rings. The van der Waals surface area contributed by atoms with Gasteiger partial charge in [-0.2, -0.15) is 13.2 Å². The number of anilines is 1. The highest BCUT2D eigenvalue weighted by molar-refractivity contribution is 5.65. The average molecular weight is 484 g/mol. The van der Waals surface area contributed by atoms with E-state index in [-0.39, 0.29) is 5.06 Å². The number of unbranched alkanes of at least 4 members (excludes halogenated alkanes) is 2. The zero-order valence-electron chi connectivity index (χ0n) is 21.9. The van der Waals surface area contributed by atoms with Crippen molar-refractivity contribution < 1.29 is 18.2 Å². The van der Waals surface area contributed by atoms with Crippen molar-refractivity contribution in [2.75, 3.05) is 38.1 Å². The van der Waals surface area contributed by atoms with Gasteiger partial charge >= 0.3 is 6.18 Å². The molecule has 1 heterocycles. The molecular formula is C27H44F3N3O. The van der Waals surface area contributed by atoms with Gasteiger partial charge in [-0.15, -0.1) is 0 Å². The van der Waals surface area contributed by atoms with Gasteiger partial charge in [0.05, 0.1) is 18.3 Å². The molecule has 2 atom stereocenters. The summed E-state index contributed by atoms with van der Waals surface area (Å²) in [5.41, 5.74) is 0.338. The summed E-state index contributed by atoms with van der Waals surface area (Å²) in [4.78, 5) is 4.51. The summed E-state index contributed by atoms with van der Waals surface area (Å²) in [6.45, 7) is 14.0. The van der Waals surface area contributed by atoms with Crippen molar-refractivity contribution >= 4 is 5.69 Å². The Morgan fingerprint density at radius 3 is 2.21 bits per heavy atom. The zero-order valence-corrected chi connectivity index (χ0v) is 21.9. The molecule has 1 aromatic rings. The molecule has 0 spiro atoms. The second-order valence-electron chi connectivity index (χ2n) is 10.2. The summed E-state index contributed by atoms with van der Waals surface area (Å²) < 4.78 is 40.9. The van der Waals surface area contributed by atoms with Crippen LogP contribution >= 0.6 is 0 Å². The summed E-state index contributed by atoms with van der Waals surface area (Å²) in [7, 11) is 1.51. The van der Waals surface area contributed by atoms with Gasteiger partial charge in [0, 0.05) is 30.4 Å². The predicted octanol–water partition coefficient (Wildman–Crippen LogP) is 5.98. The van der Waals surface area contributed by atoms with E-state index in [1.165, 1.54) is 13.1 Å². The monoisotopic (exact) mass is 483 g/mol. The van der Waals surface area contributed by atoms with Crippen molar-refractivity contribution in [3.8, 4) is 0 Å². The second kappa shape index (κ2) is 12.4. The lowest BCUT2D eigenvalue weighted by atomic mass is 9.78. The van der Waals surface area contributed by atoms with Gasteiger partial charge in [0.1, 0.15) is 5.54 Å². The third-order valence-electron chi connectivity index (χ3n) is 7.13. The molecule has 0 saturated carbocycles. The van der Waals surface area contributed by atoms with E-state index in [1.54, 1.807) is 6.07 Å². The normalized spacial score (nSPS) is 19.5. The summed E-state index contributed by atoms with van der Waals surface area (Å²) in [6, 6.07) is 3.89. The average Bonchev–Trinajstić information content (AvgIpc) is 2.77. The highest BCUT2D eigenvalue weighted by Crippen LogP contribution is 2.43. The fourth-order valence-electron chi connectivity index (χ4n) is 4.61. The maximum Gasteiger partial charge on any atom is 0.416 e. The van der Waals surface area contributed by atoms with E-state index < -0.39 is 17.3 Å². The maximum absolute atomic E-state index is 13.6. The van der Waals surface area contributed by atoms with Crippen LogP contribution in [0.2, 0.25) is 0 Å². The Hall–Kier alpha value is -1.57. The third kappa shape index (κ3) is 6.98. The van der Waals surface area contributed by atoms with E-state index in [9.17, 15) is 18.4 Å². The van der Waals surface area contributed by atoms with Crippen LogP contribution < -0.4 is 9.96 Å². The van der Waals surface area contributed by atoms with Crippen molar-refractivity contribution in [2.24, 2.45) is 5.92 Å². The fraction of sp³-hybridized carbons (Fsp3) is 0.704. The summed E-state index contributed by atoms with van der Waals surface area (Å²) in [5.74, 6) is 0.467. The summed E-state index contributed by atoms with van der Waals surface area (Å²) >= 11 is 0. The molecular weight excluding hydrogens is 439 g/mol. The van der Waals surface area contributed by atoms with E-state index in [0.29, 0.717) is 30.1 Å². The number of hydrogen-bond donors (Lipinski definition) is 1. The Balaban J connectivity index is 2.48. The number of alkyl halides is 3. The van der Waals surface area contributed by atoms with Gasteiger partial charge in [0.2, 0.25) is 0 Å². The van der Waals surface area contributed by atoms with Crippen LogP contribution in [-0.2, 0) is 11.7 Å². The Labute approximate surface area is 204 Å². The number of hydroxylamine groups is 2. The molecule has 7 heteroatoms. The quantitative estimate of drug-likeness (QED) is 0.351. The lowest BCUT2D eigenvalue weighted by Crippen LogP contribution is -3.11. The number of rotatable bonds is 13. The Morgan fingerprint density at radius 1 is 1.09 bits per heavy atom. The first kappa shape index (κ1) is 28.7. The van der Waals surface area contributed by atoms with Crippen LogP contribution in [0.3, 0.4) is 0 Å². The van der Waals surface area contributed by atoms with Gasteiger partial charge in [-0.1, -0.05) is 40.5 Å². The van der Waals surface area contributed by atoms with Crippen LogP contribution in [0, 0.1) is 11.1 Å². The van der Waals surface area contributed by atoms with E-state index in [0.717, 1.165) is 63.4 Å². The molecule has 0 saturated heterocycles. The van der Waals surface area contributed by atoms with Gasteiger partial charge in [-0.05, 0) is 69.8 Å². The molecule has 1 aliphatic rings. The largest absolute Gasteiger partial charge is 0.634 e. The van der Waals surface area contributed by atoms with Crippen molar-refractivity contribution in [2.45, 2.75) is 84.9 Å². The molecule has 1 aliphatic heterocycles. The van der Waals surface area contributed by atoms with E-state index in [4.69, 9.17) is 0 Å². The topological polar surface area (TPSA) is 34.0 Å². The molecule has 1 aromatic carbocycles. The maximum atomic E-state index is 13.6. The molecule has 34 heavy (non-hydrogen) atoms. The first-order valence-electron chi connectivity index (χ1n) is 12.9. The van der Waals surface area contributed by atoms with Gasteiger partial charge in [0.25, 0.3) is 0 Å². The molecule has 0 radical (unpaired) electrons. The van der Waals surface area contributed by atoms with E-state index >= 15 is 0 Å². The molecule has 1 N–H and O–H groups in total. The SMILES string of the molecule is CCCCN(CCCC)CCC1=CN(CCC(C)C)c2ccc(C(F)(F)F)cc2C1(C)[NH+](C)[O-]. The fourth-order valence-corrected chi connectivity index (χ4v) is 4.61. The minimum absolute atomic E-state index is 0.114. The predicted molar refractivity (Wildman–Crippen MR) is 135 cm³/mol. The van der Waals surface area contributed by atoms with Crippen molar-refractivity contribution in [3.05, 3.63) is 46.3 Å². The molecule has 0 aromatic heterocycles. The number of quaternary nitrogens is 1. The first-order chi connectivity index (χ1) is 15.9. The van der Waals surface area contributed by atoms with E-state index in [1.807, 2.05) is 6.92 Å². The van der Waals surface area contributed by atoms with Crippen molar-refractivity contribution in [3.63, 3.8) is 0 Å². The van der Waals surface area contributed by atoms with Crippen LogP contribution in [-0.4, -0.2) is 38.1 Å². The number of hydrogen-bond acceptors (Lipinski definition) is 3. The molecule has 0 aliphatic carbocycles. The highest BCUT2D eigenvalue weighted by Gasteiger charge is 2.44. The molecule has 0 bridgehead atoms. The lowest BCUT2D eigenvalue weighted by Gasteiger charge is -2.46. The molecule has 194 valence electrons. The van der Waals surface area contributed by atoms with Gasteiger partial charge in [-0.25, -0.2) is 0 Å².